The van der Waals surface area contributed by atoms with Crippen LogP contribution in [0.3, 0.4) is 0 Å². The highest BCUT2D eigenvalue weighted by Crippen LogP contribution is 2.23. The summed E-state index contributed by atoms with van der Waals surface area (Å²) in [5.74, 6) is 1.16. The van der Waals surface area contributed by atoms with Crippen LogP contribution in [0.15, 0.2) is 22.0 Å². The number of nitrogens with zero attached hydrogens (tertiary/aromatic N) is 2. The van der Waals surface area contributed by atoms with Crippen LogP contribution in [0.2, 0.25) is 0 Å². The van der Waals surface area contributed by atoms with Gasteiger partial charge in [-0.3, -0.25) is 0 Å². The first-order chi connectivity index (χ1) is 7.31. The number of hydrogen-bond donors (Lipinski definition) is 1. The van der Waals surface area contributed by atoms with Crippen molar-refractivity contribution >= 4 is 11.3 Å². The van der Waals surface area contributed by atoms with E-state index in [1.807, 2.05) is 17.5 Å². The van der Waals surface area contributed by atoms with E-state index >= 15 is 0 Å². The van der Waals surface area contributed by atoms with E-state index in [0.717, 1.165) is 17.7 Å². The Morgan fingerprint density at radius 3 is 3.13 bits per heavy atom. The van der Waals surface area contributed by atoms with Crippen LogP contribution >= 0.6 is 11.3 Å². The molecule has 0 aliphatic heterocycles. The number of thiophene rings is 1. The molecule has 15 heavy (non-hydrogen) atoms. The minimum Gasteiger partial charge on any atom is -0.337 e. The van der Waals surface area contributed by atoms with E-state index in [2.05, 4.69) is 17.1 Å². The highest BCUT2D eigenvalue weighted by Gasteiger charge is 2.14. The third kappa shape index (κ3) is 2.24. The van der Waals surface area contributed by atoms with Gasteiger partial charge in [-0.05, 0) is 17.9 Å². The van der Waals surface area contributed by atoms with Gasteiger partial charge in [-0.1, -0.05) is 24.6 Å². The summed E-state index contributed by atoms with van der Waals surface area (Å²) in [4.78, 5) is 5.29. The second-order valence-corrected chi connectivity index (χ2v) is 4.28. The molecule has 2 aromatic heterocycles. The van der Waals surface area contributed by atoms with Crippen molar-refractivity contribution in [1.29, 1.82) is 0 Å². The second kappa shape index (κ2) is 4.55. The number of rotatable bonds is 4. The van der Waals surface area contributed by atoms with Crippen molar-refractivity contribution in [3.05, 3.63) is 23.4 Å². The summed E-state index contributed by atoms with van der Waals surface area (Å²) in [5, 5.41) is 5.89. The predicted molar refractivity (Wildman–Crippen MR) is 59.4 cm³/mol. The lowest BCUT2D eigenvalue weighted by Gasteiger charge is -2.01. The Balaban J connectivity index is 2.17. The third-order valence-electron chi connectivity index (χ3n) is 2.10. The van der Waals surface area contributed by atoms with E-state index in [1.54, 1.807) is 11.3 Å². The molecule has 0 unspecified atom stereocenters. The van der Waals surface area contributed by atoms with Crippen molar-refractivity contribution in [3.63, 3.8) is 0 Å². The summed E-state index contributed by atoms with van der Waals surface area (Å²) < 4.78 is 5.12. The van der Waals surface area contributed by atoms with E-state index < -0.39 is 0 Å². The number of aromatic nitrogens is 2. The first kappa shape index (κ1) is 10.3. The Kier molecular flexibility index (Phi) is 3.13. The summed E-state index contributed by atoms with van der Waals surface area (Å²) >= 11 is 1.59. The molecule has 2 heterocycles. The van der Waals surface area contributed by atoms with Gasteiger partial charge in [0, 0.05) is 0 Å². The van der Waals surface area contributed by atoms with Crippen LogP contribution in [-0.4, -0.2) is 10.1 Å². The number of hydrogen-bond acceptors (Lipinski definition) is 5. The van der Waals surface area contributed by atoms with Crippen LogP contribution in [0.25, 0.3) is 10.7 Å². The smallest absolute Gasteiger partial charge is 0.243 e. The molecule has 0 amide bonds. The molecule has 2 rings (SSSR count). The van der Waals surface area contributed by atoms with Gasteiger partial charge in [0.2, 0.25) is 11.7 Å². The maximum absolute atomic E-state index is 5.88. The van der Waals surface area contributed by atoms with Crippen LogP contribution in [0.1, 0.15) is 31.7 Å². The average Bonchev–Trinajstić information content (AvgIpc) is 2.89. The molecule has 0 aromatic carbocycles. The van der Waals surface area contributed by atoms with E-state index in [1.165, 1.54) is 0 Å². The number of nitrogens with two attached hydrogens (primary N) is 1. The van der Waals surface area contributed by atoms with Crippen LogP contribution in [0.5, 0.6) is 0 Å². The Labute approximate surface area is 92.1 Å². The van der Waals surface area contributed by atoms with Crippen LogP contribution < -0.4 is 5.73 Å². The van der Waals surface area contributed by atoms with Gasteiger partial charge in [-0.25, -0.2) is 0 Å². The molecule has 0 spiro atoms. The first-order valence-electron chi connectivity index (χ1n) is 4.94. The topological polar surface area (TPSA) is 64.9 Å². The SMILES string of the molecule is CCC[C@@H](N)c1nc(-c2cccs2)no1. The summed E-state index contributed by atoms with van der Waals surface area (Å²) in [7, 11) is 0. The standard InChI is InChI=1S/C10H13N3OS/c1-2-4-7(11)10-12-9(13-14-10)8-5-3-6-15-8/h3,5-7H,2,4,11H2,1H3/t7-/m1/s1. The maximum Gasteiger partial charge on any atom is 0.243 e. The van der Waals surface area contributed by atoms with Crippen LogP contribution in [0, 0.1) is 0 Å². The van der Waals surface area contributed by atoms with Gasteiger partial charge in [0.05, 0.1) is 10.9 Å². The molecular formula is C10H13N3OS. The molecule has 0 saturated heterocycles. The molecule has 0 fully saturated rings. The lowest BCUT2D eigenvalue weighted by molar-refractivity contribution is 0.348. The van der Waals surface area contributed by atoms with Crippen molar-refractivity contribution in [2.75, 3.05) is 0 Å². The highest BCUT2D eigenvalue weighted by atomic mass is 32.1. The molecule has 0 aliphatic rings. The zero-order valence-electron chi connectivity index (χ0n) is 8.51. The molecule has 80 valence electrons. The summed E-state index contributed by atoms with van der Waals surface area (Å²) in [5.41, 5.74) is 5.88. The molecule has 0 aliphatic carbocycles. The summed E-state index contributed by atoms with van der Waals surface area (Å²) in [6, 6.07) is 3.78. The van der Waals surface area contributed by atoms with Gasteiger partial charge in [-0.2, -0.15) is 4.98 Å². The van der Waals surface area contributed by atoms with Crippen molar-refractivity contribution in [1.82, 2.24) is 10.1 Å². The molecule has 0 saturated carbocycles. The van der Waals surface area contributed by atoms with Crippen molar-refractivity contribution in [2.45, 2.75) is 25.8 Å². The van der Waals surface area contributed by atoms with E-state index in [4.69, 9.17) is 10.3 Å². The second-order valence-electron chi connectivity index (χ2n) is 3.33. The van der Waals surface area contributed by atoms with Gasteiger partial charge in [0.15, 0.2) is 0 Å². The molecule has 0 radical (unpaired) electrons. The Hall–Kier alpha value is -1.20. The van der Waals surface area contributed by atoms with Gasteiger partial charge in [0.1, 0.15) is 0 Å². The first-order valence-corrected chi connectivity index (χ1v) is 5.82. The van der Waals surface area contributed by atoms with Gasteiger partial charge in [-0.15, -0.1) is 11.3 Å². The quantitative estimate of drug-likeness (QED) is 0.865. The van der Waals surface area contributed by atoms with E-state index in [-0.39, 0.29) is 6.04 Å². The minimum atomic E-state index is -0.142. The monoisotopic (exact) mass is 223 g/mol. The molecular weight excluding hydrogens is 210 g/mol. The van der Waals surface area contributed by atoms with Crippen molar-refractivity contribution in [2.24, 2.45) is 5.73 Å². The Bertz CT molecular complexity index is 410. The molecule has 2 N–H and O–H groups in total. The lowest BCUT2D eigenvalue weighted by atomic mass is 10.2. The summed E-state index contributed by atoms with van der Waals surface area (Å²) in [6.45, 7) is 2.08. The fraction of sp³-hybridized carbons (Fsp3) is 0.400. The molecule has 4 nitrogen and oxygen atoms in total. The molecule has 0 bridgehead atoms. The summed E-state index contributed by atoms with van der Waals surface area (Å²) in [6.07, 6.45) is 1.88. The normalized spacial score (nSPS) is 12.9. The lowest BCUT2D eigenvalue weighted by Crippen LogP contribution is -2.09. The fourth-order valence-corrected chi connectivity index (χ4v) is 1.98. The predicted octanol–water partition coefficient (Wildman–Crippen LogP) is 2.60. The van der Waals surface area contributed by atoms with Gasteiger partial charge < -0.3 is 10.3 Å². The van der Waals surface area contributed by atoms with Crippen LogP contribution in [0.4, 0.5) is 0 Å². The average molecular weight is 223 g/mol. The van der Waals surface area contributed by atoms with E-state index in [9.17, 15) is 0 Å². The van der Waals surface area contributed by atoms with Crippen molar-refractivity contribution in [3.8, 4) is 10.7 Å². The van der Waals surface area contributed by atoms with Crippen LogP contribution in [-0.2, 0) is 0 Å². The zero-order chi connectivity index (χ0) is 10.7. The van der Waals surface area contributed by atoms with Gasteiger partial charge in [0.25, 0.3) is 0 Å². The Morgan fingerprint density at radius 1 is 1.60 bits per heavy atom. The minimum absolute atomic E-state index is 0.142. The van der Waals surface area contributed by atoms with Gasteiger partial charge >= 0.3 is 0 Å². The third-order valence-corrected chi connectivity index (χ3v) is 2.97. The van der Waals surface area contributed by atoms with E-state index in [0.29, 0.717) is 11.7 Å². The molecule has 2 aromatic rings. The maximum atomic E-state index is 5.88. The molecule has 1 atom stereocenters. The fourth-order valence-electron chi connectivity index (χ4n) is 1.33. The van der Waals surface area contributed by atoms with Crippen molar-refractivity contribution < 1.29 is 4.52 Å². The largest absolute Gasteiger partial charge is 0.337 e. The zero-order valence-corrected chi connectivity index (χ0v) is 9.33. The Morgan fingerprint density at radius 2 is 2.47 bits per heavy atom. The highest BCUT2D eigenvalue weighted by molar-refractivity contribution is 7.13. The molecule has 5 heteroatoms.